The van der Waals surface area contributed by atoms with Gasteiger partial charge in [0.25, 0.3) is 5.91 Å². The number of hydrogen-bond acceptors (Lipinski definition) is 3. The molecule has 0 bridgehead atoms. The Bertz CT molecular complexity index is 686. The van der Waals surface area contributed by atoms with Gasteiger partial charge in [0.15, 0.2) is 11.6 Å². The highest BCUT2D eigenvalue weighted by Crippen LogP contribution is 2.36. The number of carbonyl (C=O) groups excluding carboxylic acids is 1. The fraction of sp³-hybridized carbons (Fsp3) is 0.632. The molecular weight excluding hydrogens is 339 g/mol. The summed E-state index contributed by atoms with van der Waals surface area (Å²) in [5.74, 6) is -2.83. The minimum atomic E-state index is -1.16. The molecule has 1 aliphatic heterocycles. The first-order chi connectivity index (χ1) is 12.1. The van der Waals surface area contributed by atoms with Crippen LogP contribution in [0.2, 0.25) is 0 Å². The third-order valence-corrected chi connectivity index (χ3v) is 5.80. The fourth-order valence-electron chi connectivity index (χ4n) is 3.40. The molecule has 3 rings (SSSR count). The van der Waals surface area contributed by atoms with Crippen LogP contribution in [0.3, 0.4) is 0 Å². The van der Waals surface area contributed by atoms with Crippen molar-refractivity contribution in [1.29, 1.82) is 0 Å². The highest BCUT2D eigenvalue weighted by molar-refractivity contribution is 6.62. The molecule has 4 nitrogen and oxygen atoms in total. The smallest absolute Gasteiger partial charge is 0.399 e. The van der Waals surface area contributed by atoms with Crippen LogP contribution < -0.4 is 10.8 Å². The lowest BCUT2D eigenvalue weighted by Crippen LogP contribution is -2.41. The molecule has 0 unspecified atom stereocenters. The van der Waals surface area contributed by atoms with E-state index in [0.29, 0.717) is 0 Å². The Labute approximate surface area is 153 Å². The summed E-state index contributed by atoms with van der Waals surface area (Å²) >= 11 is 0. The molecule has 7 heteroatoms. The van der Waals surface area contributed by atoms with Gasteiger partial charge in [-0.3, -0.25) is 4.79 Å². The van der Waals surface area contributed by atoms with E-state index >= 15 is 0 Å². The van der Waals surface area contributed by atoms with Crippen LogP contribution in [0, 0.1) is 11.6 Å². The van der Waals surface area contributed by atoms with Gasteiger partial charge in [0, 0.05) is 11.5 Å². The first-order valence-corrected chi connectivity index (χ1v) is 9.27. The van der Waals surface area contributed by atoms with Crippen molar-refractivity contribution in [2.75, 3.05) is 0 Å². The third kappa shape index (κ3) is 3.51. The molecule has 1 saturated heterocycles. The monoisotopic (exact) mass is 365 g/mol. The number of benzene rings is 1. The molecule has 1 amide bonds. The minimum Gasteiger partial charge on any atom is -0.399 e. The molecule has 0 aromatic heterocycles. The number of amides is 1. The molecule has 1 heterocycles. The van der Waals surface area contributed by atoms with Gasteiger partial charge in [-0.2, -0.15) is 0 Å². The Morgan fingerprint density at radius 2 is 1.62 bits per heavy atom. The van der Waals surface area contributed by atoms with E-state index in [2.05, 4.69) is 5.32 Å². The molecule has 0 atom stereocenters. The zero-order valence-electron chi connectivity index (χ0n) is 15.8. The largest absolute Gasteiger partial charge is 0.497 e. The molecule has 1 N–H and O–H groups in total. The van der Waals surface area contributed by atoms with Crippen LogP contribution in [0.25, 0.3) is 0 Å². The fourth-order valence-corrected chi connectivity index (χ4v) is 3.40. The van der Waals surface area contributed by atoms with Crippen molar-refractivity contribution >= 4 is 18.5 Å². The predicted molar refractivity (Wildman–Crippen MR) is 96.4 cm³/mol. The van der Waals surface area contributed by atoms with Gasteiger partial charge in [-0.05, 0) is 46.6 Å². The molecule has 0 spiro atoms. The minimum absolute atomic E-state index is 0.0292. The van der Waals surface area contributed by atoms with Gasteiger partial charge in [-0.15, -0.1) is 0 Å². The zero-order chi connectivity index (χ0) is 19.1. The molecule has 1 saturated carbocycles. The average Bonchev–Trinajstić information content (AvgIpc) is 2.78. The van der Waals surface area contributed by atoms with Crippen LogP contribution >= 0.6 is 0 Å². The van der Waals surface area contributed by atoms with Crippen LogP contribution in [0.4, 0.5) is 8.78 Å². The van der Waals surface area contributed by atoms with Gasteiger partial charge in [0.05, 0.1) is 16.8 Å². The second kappa shape index (κ2) is 6.93. The van der Waals surface area contributed by atoms with Gasteiger partial charge in [-0.25, -0.2) is 8.78 Å². The van der Waals surface area contributed by atoms with E-state index in [-0.39, 0.29) is 17.1 Å². The third-order valence-electron chi connectivity index (χ3n) is 5.80. The molecule has 1 aromatic carbocycles. The average molecular weight is 365 g/mol. The normalized spacial score (nSPS) is 22.5. The molecule has 2 aliphatic rings. The molecule has 1 aliphatic carbocycles. The second-order valence-electron chi connectivity index (χ2n) is 8.23. The van der Waals surface area contributed by atoms with Crippen LogP contribution in [0.5, 0.6) is 0 Å². The number of carbonyl (C=O) groups is 1. The first kappa shape index (κ1) is 19.3. The Kier molecular flexibility index (Phi) is 5.14. The lowest BCUT2D eigenvalue weighted by atomic mass is 9.78. The van der Waals surface area contributed by atoms with Gasteiger partial charge in [0.1, 0.15) is 0 Å². The highest BCUT2D eigenvalue weighted by atomic mass is 19.2. The Balaban J connectivity index is 1.79. The summed E-state index contributed by atoms with van der Waals surface area (Å²) in [5, 5.41) is 2.81. The summed E-state index contributed by atoms with van der Waals surface area (Å²) < 4.78 is 40.8. The van der Waals surface area contributed by atoms with E-state index in [1.54, 1.807) is 0 Å². The van der Waals surface area contributed by atoms with E-state index in [1.165, 1.54) is 12.1 Å². The van der Waals surface area contributed by atoms with Crippen molar-refractivity contribution in [1.82, 2.24) is 5.32 Å². The quantitative estimate of drug-likeness (QED) is 0.836. The van der Waals surface area contributed by atoms with E-state index in [9.17, 15) is 13.6 Å². The molecule has 1 aromatic rings. The zero-order valence-corrected chi connectivity index (χ0v) is 15.8. The van der Waals surface area contributed by atoms with Gasteiger partial charge in [0.2, 0.25) is 0 Å². The Hall–Kier alpha value is -1.47. The number of rotatable bonds is 3. The molecule has 142 valence electrons. The Morgan fingerprint density at radius 3 is 2.19 bits per heavy atom. The van der Waals surface area contributed by atoms with Crippen molar-refractivity contribution in [3.8, 4) is 0 Å². The molecule has 0 radical (unpaired) electrons. The van der Waals surface area contributed by atoms with E-state index < -0.39 is 35.9 Å². The maximum atomic E-state index is 14.6. The van der Waals surface area contributed by atoms with Crippen LogP contribution in [-0.4, -0.2) is 30.3 Å². The van der Waals surface area contributed by atoms with Gasteiger partial charge < -0.3 is 14.6 Å². The summed E-state index contributed by atoms with van der Waals surface area (Å²) in [6.07, 6.45) is 4.99. The second-order valence-corrected chi connectivity index (χ2v) is 8.23. The molecule has 2 fully saturated rings. The topological polar surface area (TPSA) is 47.6 Å². The van der Waals surface area contributed by atoms with E-state index in [0.717, 1.165) is 32.1 Å². The molecule has 26 heavy (non-hydrogen) atoms. The highest BCUT2D eigenvalue weighted by Gasteiger charge is 2.52. The van der Waals surface area contributed by atoms with Crippen molar-refractivity contribution in [3.63, 3.8) is 0 Å². The van der Waals surface area contributed by atoms with Crippen molar-refractivity contribution < 1.29 is 22.9 Å². The maximum absolute atomic E-state index is 14.6. The van der Waals surface area contributed by atoms with E-state index in [4.69, 9.17) is 9.31 Å². The standard InChI is InChI=1S/C19H26BF2NO3/c1-18(2)19(3,4)26-20(25-18)14-11-10-13(15(21)16(14)22)17(24)23-12-8-6-5-7-9-12/h10-12H,5-9H2,1-4H3,(H,23,24). The summed E-state index contributed by atoms with van der Waals surface area (Å²) in [7, 11) is -1.01. The van der Waals surface area contributed by atoms with Crippen LogP contribution in [-0.2, 0) is 9.31 Å². The van der Waals surface area contributed by atoms with Crippen molar-refractivity contribution in [3.05, 3.63) is 29.3 Å². The lowest BCUT2D eigenvalue weighted by Gasteiger charge is -2.32. The summed E-state index contributed by atoms with van der Waals surface area (Å²) in [6.45, 7) is 7.36. The Morgan fingerprint density at radius 1 is 1.04 bits per heavy atom. The van der Waals surface area contributed by atoms with Gasteiger partial charge in [-0.1, -0.05) is 25.3 Å². The summed E-state index contributed by atoms with van der Waals surface area (Å²) in [4.78, 5) is 12.3. The van der Waals surface area contributed by atoms with Crippen molar-refractivity contribution in [2.24, 2.45) is 0 Å². The first-order valence-electron chi connectivity index (χ1n) is 9.27. The number of hydrogen-bond donors (Lipinski definition) is 1. The van der Waals surface area contributed by atoms with Crippen LogP contribution in [0.1, 0.15) is 70.2 Å². The number of nitrogens with one attached hydrogen (secondary N) is 1. The summed E-state index contributed by atoms with van der Waals surface area (Å²) in [6, 6.07) is 2.70. The van der Waals surface area contributed by atoms with E-state index in [1.807, 2.05) is 27.7 Å². The number of halogens is 2. The predicted octanol–water partition coefficient (Wildman–Crippen LogP) is 3.33. The maximum Gasteiger partial charge on any atom is 0.497 e. The lowest BCUT2D eigenvalue weighted by molar-refractivity contribution is 0.00578. The van der Waals surface area contributed by atoms with Crippen molar-refractivity contribution in [2.45, 2.75) is 77.0 Å². The van der Waals surface area contributed by atoms with Crippen LogP contribution in [0.15, 0.2) is 12.1 Å². The SMILES string of the molecule is CC1(C)OB(c2ccc(C(=O)NC3CCCCC3)c(F)c2F)OC1(C)C. The van der Waals surface area contributed by atoms with Gasteiger partial charge >= 0.3 is 7.12 Å². The molecular formula is C19H26BF2NO3. The summed E-state index contributed by atoms with van der Waals surface area (Å²) in [5.41, 5.74) is -1.63.